The number of hydrogen-bond donors (Lipinski definition) is 0. The summed E-state index contributed by atoms with van der Waals surface area (Å²) in [7, 11) is 0. The van der Waals surface area contributed by atoms with Crippen LogP contribution in [0.3, 0.4) is 0 Å². The molecule has 0 saturated heterocycles. The fourth-order valence-corrected chi connectivity index (χ4v) is 0.219. The molecule has 0 aromatic heterocycles. The van der Waals surface area contributed by atoms with Crippen molar-refractivity contribution in [2.45, 2.75) is 12.8 Å². The van der Waals surface area contributed by atoms with E-state index >= 15 is 0 Å². The molecule has 0 aromatic carbocycles. The molecular weight excluding hydrogens is 88.1 g/mol. The first kappa shape index (κ1) is 6.54. The van der Waals surface area contributed by atoms with Crippen molar-refractivity contribution in [3.8, 4) is 0 Å². The second kappa shape index (κ2) is 5.54. The van der Waals surface area contributed by atoms with Crippen LogP contribution in [0.4, 0.5) is 0 Å². The fourth-order valence-electron chi connectivity index (χ4n) is 0.219. The normalized spacial score (nSPS) is 8.14. The predicted octanol–water partition coefficient (Wildman–Crippen LogP) is 1.92. The van der Waals surface area contributed by atoms with Gasteiger partial charge in [-0.25, -0.2) is 0 Å². The molecule has 0 fully saturated rings. The smallest absolute Gasteiger partial charge is 0.134 e. The average molecular weight is 98.1 g/mol. The van der Waals surface area contributed by atoms with Gasteiger partial charge in [0, 0.05) is 0 Å². The van der Waals surface area contributed by atoms with Crippen LogP contribution in [0, 0.1) is 13.5 Å². The molecule has 0 amide bonds. The summed E-state index contributed by atoms with van der Waals surface area (Å²) in [6.07, 6.45) is 3.18. The molecule has 1 heteroatoms. The molecular formula is C6H10O. The molecule has 0 aliphatic rings. The highest BCUT2D eigenvalue weighted by molar-refractivity contribution is 4.57. The van der Waals surface area contributed by atoms with Crippen molar-refractivity contribution >= 4 is 0 Å². The lowest BCUT2D eigenvalue weighted by molar-refractivity contribution is 0.323. The number of unbranched alkanes of at least 4 members (excludes halogenated alkanes) is 1. The second-order valence-corrected chi connectivity index (χ2v) is 1.11. The van der Waals surface area contributed by atoms with Crippen molar-refractivity contribution in [1.29, 1.82) is 0 Å². The summed E-state index contributed by atoms with van der Waals surface area (Å²) in [5.41, 5.74) is 0. The maximum Gasteiger partial charge on any atom is 0.134 e. The Balaban J connectivity index is 2.56. The van der Waals surface area contributed by atoms with E-state index < -0.39 is 0 Å². The van der Waals surface area contributed by atoms with Gasteiger partial charge in [0.25, 0.3) is 0 Å². The van der Waals surface area contributed by atoms with Gasteiger partial charge >= 0.3 is 0 Å². The highest BCUT2D eigenvalue weighted by Crippen LogP contribution is 1.91. The maximum atomic E-state index is 4.67. The van der Waals surface area contributed by atoms with Crippen molar-refractivity contribution in [3.05, 3.63) is 26.4 Å². The molecule has 0 bridgehead atoms. The van der Waals surface area contributed by atoms with E-state index in [1.54, 1.807) is 6.61 Å². The monoisotopic (exact) mass is 98.1 g/mol. The molecule has 0 aliphatic heterocycles. The molecule has 0 unspecified atom stereocenters. The Morgan fingerprint density at radius 2 is 2.29 bits per heavy atom. The maximum absolute atomic E-state index is 4.67. The van der Waals surface area contributed by atoms with Crippen LogP contribution in [0.2, 0.25) is 0 Å². The summed E-state index contributed by atoms with van der Waals surface area (Å²) in [5, 5.41) is 0. The molecule has 0 aliphatic carbocycles. The molecule has 1 nitrogen and oxygen atoms in total. The molecule has 7 heavy (non-hydrogen) atoms. The van der Waals surface area contributed by atoms with Crippen molar-refractivity contribution < 1.29 is 4.74 Å². The lowest BCUT2D eigenvalue weighted by Crippen LogP contribution is -1.74. The topological polar surface area (TPSA) is 9.23 Å². The van der Waals surface area contributed by atoms with E-state index in [1.165, 1.54) is 6.26 Å². The van der Waals surface area contributed by atoms with Crippen LogP contribution in [0.15, 0.2) is 12.8 Å². The van der Waals surface area contributed by atoms with E-state index in [-0.39, 0.29) is 0 Å². The molecule has 0 rings (SSSR count). The number of ether oxygens (including phenoxy) is 1. The lowest BCUT2D eigenvalue weighted by atomic mass is 10.4. The van der Waals surface area contributed by atoms with Gasteiger partial charge in [-0.3, -0.25) is 0 Å². The van der Waals surface area contributed by atoms with Gasteiger partial charge in [-0.1, -0.05) is 13.5 Å². The summed E-state index contributed by atoms with van der Waals surface area (Å²) < 4.78 is 4.67. The third-order valence-electron chi connectivity index (χ3n) is 0.514. The average Bonchev–Trinajstić information content (AvgIpc) is 1.69. The molecule has 0 aromatic rings. The van der Waals surface area contributed by atoms with Gasteiger partial charge in [-0.05, 0) is 12.8 Å². The zero-order valence-electron chi connectivity index (χ0n) is 4.39. The predicted molar refractivity (Wildman–Crippen MR) is 30.2 cm³/mol. The standard InChI is InChI=1S/C6H10O/c1-3-5-6-7-4-2/h4,6H,1-3,5H2. The molecule has 0 N–H and O–H groups in total. The SMILES string of the molecule is [CH2]CC[CH]OC=C. The van der Waals surface area contributed by atoms with E-state index in [0.29, 0.717) is 0 Å². The van der Waals surface area contributed by atoms with Gasteiger partial charge < -0.3 is 4.74 Å². The van der Waals surface area contributed by atoms with Gasteiger partial charge in [0.05, 0.1) is 6.26 Å². The Kier molecular flexibility index (Phi) is 5.18. The minimum atomic E-state index is 0.883. The van der Waals surface area contributed by atoms with E-state index in [4.69, 9.17) is 0 Å². The van der Waals surface area contributed by atoms with Crippen LogP contribution in [-0.2, 0) is 4.74 Å². The van der Waals surface area contributed by atoms with Crippen LogP contribution in [-0.4, -0.2) is 0 Å². The van der Waals surface area contributed by atoms with Gasteiger partial charge in [0.2, 0.25) is 0 Å². The van der Waals surface area contributed by atoms with Crippen LogP contribution in [0.1, 0.15) is 12.8 Å². The highest BCUT2D eigenvalue weighted by Gasteiger charge is 1.78. The molecule has 0 spiro atoms. The fraction of sp³-hybridized carbons (Fsp3) is 0.333. The zero-order chi connectivity index (χ0) is 5.54. The Hall–Kier alpha value is -0.460. The first-order valence-electron chi connectivity index (χ1n) is 2.29. The second-order valence-electron chi connectivity index (χ2n) is 1.11. The summed E-state index contributed by atoms with van der Waals surface area (Å²) in [6.45, 7) is 8.65. The van der Waals surface area contributed by atoms with E-state index in [9.17, 15) is 0 Å². The molecule has 0 saturated carbocycles. The largest absolute Gasteiger partial charge is 0.495 e. The Morgan fingerprint density at radius 3 is 2.71 bits per heavy atom. The van der Waals surface area contributed by atoms with Gasteiger partial charge in [-0.15, -0.1) is 0 Å². The third kappa shape index (κ3) is 5.54. The molecule has 2 radical (unpaired) electrons. The minimum absolute atomic E-state index is 0.883. The van der Waals surface area contributed by atoms with Gasteiger partial charge in [0.15, 0.2) is 0 Å². The van der Waals surface area contributed by atoms with Crippen molar-refractivity contribution in [3.63, 3.8) is 0 Å². The summed E-state index contributed by atoms with van der Waals surface area (Å²) in [4.78, 5) is 0. The van der Waals surface area contributed by atoms with E-state index in [2.05, 4.69) is 18.2 Å². The van der Waals surface area contributed by atoms with E-state index in [1.807, 2.05) is 0 Å². The number of rotatable bonds is 4. The first-order chi connectivity index (χ1) is 3.41. The molecule has 0 atom stereocenters. The Bertz CT molecular complexity index is 41.4. The molecule has 40 valence electrons. The Morgan fingerprint density at radius 1 is 1.57 bits per heavy atom. The van der Waals surface area contributed by atoms with Crippen LogP contribution in [0.5, 0.6) is 0 Å². The van der Waals surface area contributed by atoms with Crippen LogP contribution < -0.4 is 0 Å². The molecule has 0 heterocycles. The zero-order valence-corrected chi connectivity index (χ0v) is 4.39. The van der Waals surface area contributed by atoms with Gasteiger partial charge in [-0.2, -0.15) is 0 Å². The number of hydrogen-bond acceptors (Lipinski definition) is 1. The lowest BCUT2D eigenvalue weighted by Gasteiger charge is -1.92. The quantitative estimate of drug-likeness (QED) is 0.385. The summed E-state index contributed by atoms with van der Waals surface area (Å²) in [5.74, 6) is 0. The Labute approximate surface area is 45.0 Å². The van der Waals surface area contributed by atoms with Crippen LogP contribution >= 0.6 is 0 Å². The van der Waals surface area contributed by atoms with Gasteiger partial charge in [0.1, 0.15) is 6.61 Å². The van der Waals surface area contributed by atoms with Crippen molar-refractivity contribution in [2.75, 3.05) is 0 Å². The summed E-state index contributed by atoms with van der Waals surface area (Å²) >= 11 is 0. The minimum Gasteiger partial charge on any atom is -0.495 e. The van der Waals surface area contributed by atoms with Crippen molar-refractivity contribution in [1.82, 2.24) is 0 Å². The van der Waals surface area contributed by atoms with Crippen molar-refractivity contribution in [2.24, 2.45) is 0 Å². The highest BCUT2D eigenvalue weighted by atomic mass is 16.5. The first-order valence-corrected chi connectivity index (χ1v) is 2.29. The third-order valence-corrected chi connectivity index (χ3v) is 0.514. The summed E-state index contributed by atoms with van der Waals surface area (Å²) in [6, 6.07) is 0. The van der Waals surface area contributed by atoms with E-state index in [0.717, 1.165) is 12.8 Å². The van der Waals surface area contributed by atoms with Crippen LogP contribution in [0.25, 0.3) is 0 Å².